The van der Waals surface area contributed by atoms with Crippen molar-refractivity contribution in [2.45, 2.75) is 38.0 Å². The number of methoxy groups -OCH3 is 3. The molecule has 9 nitrogen and oxygen atoms in total. The van der Waals surface area contributed by atoms with Gasteiger partial charge in [0.25, 0.3) is 0 Å². The van der Waals surface area contributed by atoms with Crippen LogP contribution in [0.4, 0.5) is 0 Å². The number of aliphatic hydroxyl groups is 1. The molecule has 0 aromatic heterocycles. The lowest BCUT2D eigenvalue weighted by Gasteiger charge is -2.41. The van der Waals surface area contributed by atoms with Gasteiger partial charge in [-0.05, 0) is 30.5 Å². The number of benzene rings is 2. The van der Waals surface area contributed by atoms with Crippen molar-refractivity contribution in [2.24, 2.45) is 0 Å². The zero-order chi connectivity index (χ0) is 24.0. The number of rotatable bonds is 7. The van der Waals surface area contributed by atoms with Crippen molar-refractivity contribution >= 4 is 5.97 Å². The second kappa shape index (κ2) is 8.88. The van der Waals surface area contributed by atoms with Gasteiger partial charge in [-0.3, -0.25) is 4.90 Å². The molecule has 1 N–H and O–H groups in total. The van der Waals surface area contributed by atoms with Crippen LogP contribution >= 0.6 is 0 Å². The summed E-state index contributed by atoms with van der Waals surface area (Å²) in [7, 11) is 4.62. The van der Waals surface area contributed by atoms with Gasteiger partial charge in [0.15, 0.2) is 23.0 Å². The highest BCUT2D eigenvalue weighted by atomic mass is 16.7. The molecule has 0 aliphatic carbocycles. The topological polar surface area (TPSA) is 95.9 Å². The van der Waals surface area contributed by atoms with Crippen molar-refractivity contribution in [1.29, 1.82) is 0 Å². The molecule has 182 valence electrons. The number of aliphatic hydroxyl groups excluding tert-OH is 1. The minimum atomic E-state index is -0.639. The van der Waals surface area contributed by atoms with Crippen LogP contribution in [-0.2, 0) is 11.2 Å². The van der Waals surface area contributed by atoms with Gasteiger partial charge in [-0.15, -0.1) is 0 Å². The van der Waals surface area contributed by atoms with Crippen molar-refractivity contribution in [3.05, 3.63) is 40.5 Å². The molecule has 9 heteroatoms. The largest absolute Gasteiger partial charge is 0.493 e. The number of carbonyl (C=O) groups is 1. The molecular formula is C25H29NO8. The summed E-state index contributed by atoms with van der Waals surface area (Å²) < 4.78 is 34.1. The molecule has 1 unspecified atom stereocenters. The highest BCUT2D eigenvalue weighted by molar-refractivity contribution is 5.98. The van der Waals surface area contributed by atoms with Crippen LogP contribution in [0.2, 0.25) is 0 Å². The highest BCUT2D eigenvalue weighted by Gasteiger charge is 2.47. The summed E-state index contributed by atoms with van der Waals surface area (Å²) in [4.78, 5) is 15.3. The predicted octanol–water partition coefficient (Wildman–Crippen LogP) is 3.02. The van der Waals surface area contributed by atoms with E-state index in [2.05, 4.69) is 4.90 Å². The number of hydrogen-bond donors (Lipinski definition) is 1. The van der Waals surface area contributed by atoms with Gasteiger partial charge >= 0.3 is 5.97 Å². The van der Waals surface area contributed by atoms with Crippen molar-refractivity contribution in [2.75, 3.05) is 41.2 Å². The van der Waals surface area contributed by atoms with E-state index < -0.39 is 24.2 Å². The van der Waals surface area contributed by atoms with E-state index in [0.717, 1.165) is 17.5 Å². The summed E-state index contributed by atoms with van der Waals surface area (Å²) in [6, 6.07) is 5.19. The Morgan fingerprint density at radius 2 is 1.94 bits per heavy atom. The summed E-state index contributed by atoms with van der Waals surface area (Å²) in [5, 5.41) is 10.5. The third-order valence-corrected chi connectivity index (χ3v) is 6.83. The zero-order valence-corrected chi connectivity index (χ0v) is 19.8. The maximum atomic E-state index is 13.1. The Morgan fingerprint density at radius 3 is 2.65 bits per heavy atom. The van der Waals surface area contributed by atoms with Gasteiger partial charge in [-0.2, -0.15) is 0 Å². The molecule has 3 heterocycles. The molecule has 3 aliphatic rings. The molecule has 0 radical (unpaired) electrons. The Bertz CT molecular complexity index is 1120. The summed E-state index contributed by atoms with van der Waals surface area (Å²) in [5.41, 5.74) is 2.98. The summed E-state index contributed by atoms with van der Waals surface area (Å²) >= 11 is 0. The van der Waals surface area contributed by atoms with Crippen molar-refractivity contribution in [3.63, 3.8) is 0 Å². The molecule has 34 heavy (non-hydrogen) atoms. The number of nitrogens with zero attached hydrogens (tertiary/aromatic N) is 1. The minimum Gasteiger partial charge on any atom is -0.493 e. The first-order valence-electron chi connectivity index (χ1n) is 11.4. The third kappa shape index (κ3) is 3.42. The number of ether oxygens (including phenoxy) is 6. The molecule has 2 aromatic rings. The van der Waals surface area contributed by atoms with Gasteiger partial charge in [0.2, 0.25) is 12.5 Å². The molecule has 0 bridgehead atoms. The van der Waals surface area contributed by atoms with Crippen molar-refractivity contribution in [3.8, 4) is 28.7 Å². The molecule has 0 saturated heterocycles. The van der Waals surface area contributed by atoms with Gasteiger partial charge in [-0.1, -0.05) is 13.0 Å². The number of fused-ring (bicyclic) bond motifs is 3. The van der Waals surface area contributed by atoms with E-state index in [9.17, 15) is 9.90 Å². The fraction of sp³-hybridized carbons (Fsp3) is 0.480. The number of cyclic esters (lactones) is 1. The van der Waals surface area contributed by atoms with Crippen LogP contribution < -0.4 is 23.7 Å². The zero-order valence-electron chi connectivity index (χ0n) is 19.8. The monoisotopic (exact) mass is 471 g/mol. The Hall–Kier alpha value is -3.17. The van der Waals surface area contributed by atoms with Crippen LogP contribution in [0, 0.1) is 0 Å². The van der Waals surface area contributed by atoms with Crippen LogP contribution in [0.15, 0.2) is 18.2 Å². The minimum absolute atomic E-state index is 0.121. The molecule has 0 amide bonds. The number of hydrogen-bond acceptors (Lipinski definition) is 9. The Labute approximate surface area is 198 Å². The lowest BCUT2D eigenvalue weighted by Crippen LogP contribution is -2.43. The smallest absolute Gasteiger partial charge is 0.343 e. The molecule has 0 spiro atoms. The number of carbonyl (C=O) groups excluding carboxylic acids is 1. The van der Waals surface area contributed by atoms with E-state index in [4.69, 9.17) is 28.4 Å². The maximum absolute atomic E-state index is 13.1. The standard InChI is InChI=1S/C25H29NO8/c1-5-14(27)11-26-9-8-13-10-17-23(33-12-32-17)24(31-4)18(13)20(26)21-15-6-7-16(29-2)22(30-3)19(15)25(28)34-21/h6-7,10,14,20-21,27H,5,8-9,11-12H2,1-4H3/t14?,20-,21+/m1/s1. The second-order valence-corrected chi connectivity index (χ2v) is 8.56. The van der Waals surface area contributed by atoms with E-state index >= 15 is 0 Å². The quantitative estimate of drug-likeness (QED) is 0.611. The van der Waals surface area contributed by atoms with Crippen LogP contribution in [0.5, 0.6) is 28.7 Å². The van der Waals surface area contributed by atoms with Gasteiger partial charge in [0.05, 0.1) is 33.5 Å². The van der Waals surface area contributed by atoms with Crippen LogP contribution in [0.3, 0.4) is 0 Å². The normalized spacial score (nSPS) is 21.5. The SMILES string of the molecule is CCC(O)CN1CCc2cc3c(c(OC)c2[C@@H]1[C@H]1OC(=O)c2c1ccc(OC)c2OC)OCO3. The summed E-state index contributed by atoms with van der Waals surface area (Å²) in [5.74, 6) is 2.09. The molecule has 2 aromatic carbocycles. The lowest BCUT2D eigenvalue weighted by atomic mass is 9.84. The molecule has 0 fully saturated rings. The fourth-order valence-corrected chi connectivity index (χ4v) is 5.21. The van der Waals surface area contributed by atoms with E-state index in [0.29, 0.717) is 59.4 Å². The Morgan fingerprint density at radius 1 is 1.15 bits per heavy atom. The summed E-state index contributed by atoms with van der Waals surface area (Å²) in [6.45, 7) is 3.16. The molecular weight excluding hydrogens is 442 g/mol. The molecule has 0 saturated carbocycles. The number of esters is 1. The Kier molecular flexibility index (Phi) is 5.91. The van der Waals surface area contributed by atoms with Gasteiger partial charge < -0.3 is 33.5 Å². The maximum Gasteiger partial charge on any atom is 0.343 e. The van der Waals surface area contributed by atoms with Crippen LogP contribution in [0.25, 0.3) is 0 Å². The van der Waals surface area contributed by atoms with Gasteiger partial charge in [0.1, 0.15) is 11.7 Å². The average molecular weight is 472 g/mol. The third-order valence-electron chi connectivity index (χ3n) is 6.83. The molecule has 3 aliphatic heterocycles. The van der Waals surface area contributed by atoms with Crippen molar-refractivity contribution in [1.82, 2.24) is 4.90 Å². The number of β-amino-alcohol motifs (C(OH)–C–C–N with tert-alkyl or cyclic N) is 1. The first kappa shape index (κ1) is 22.6. The van der Waals surface area contributed by atoms with Gasteiger partial charge in [-0.25, -0.2) is 4.79 Å². The van der Waals surface area contributed by atoms with E-state index in [1.165, 1.54) is 14.2 Å². The first-order valence-corrected chi connectivity index (χ1v) is 11.4. The lowest BCUT2D eigenvalue weighted by molar-refractivity contribution is -0.00953. The first-order chi connectivity index (χ1) is 16.5. The fourth-order valence-electron chi connectivity index (χ4n) is 5.21. The van der Waals surface area contributed by atoms with E-state index in [1.807, 2.05) is 19.1 Å². The molecule has 3 atom stereocenters. The van der Waals surface area contributed by atoms with E-state index in [-0.39, 0.29) is 6.79 Å². The van der Waals surface area contributed by atoms with Crippen LogP contribution in [0.1, 0.15) is 52.5 Å². The average Bonchev–Trinajstić information content (AvgIpc) is 3.45. The van der Waals surface area contributed by atoms with Crippen molar-refractivity contribution < 1.29 is 38.3 Å². The predicted molar refractivity (Wildman–Crippen MR) is 121 cm³/mol. The van der Waals surface area contributed by atoms with Crippen LogP contribution in [-0.4, -0.2) is 63.3 Å². The van der Waals surface area contributed by atoms with E-state index in [1.54, 1.807) is 13.2 Å². The second-order valence-electron chi connectivity index (χ2n) is 8.56. The summed E-state index contributed by atoms with van der Waals surface area (Å²) in [6.07, 6.45) is 0.181. The molecule has 5 rings (SSSR count). The highest BCUT2D eigenvalue weighted by Crippen LogP contribution is 2.55. The Balaban J connectivity index is 1.69. The van der Waals surface area contributed by atoms with Gasteiger partial charge in [0, 0.05) is 24.2 Å².